The molecule has 7 heteroatoms. The van der Waals surface area contributed by atoms with E-state index in [4.69, 9.17) is 9.15 Å². The molecule has 0 aliphatic heterocycles. The number of rotatable bonds is 4. The minimum absolute atomic E-state index is 0.341. The van der Waals surface area contributed by atoms with E-state index in [1.54, 1.807) is 17.5 Å². The van der Waals surface area contributed by atoms with Crippen molar-refractivity contribution >= 4 is 39.8 Å². The van der Waals surface area contributed by atoms with Crippen LogP contribution in [0.15, 0.2) is 58.3 Å². The van der Waals surface area contributed by atoms with Gasteiger partial charge in [0.2, 0.25) is 0 Å². The van der Waals surface area contributed by atoms with Crippen molar-refractivity contribution in [2.45, 2.75) is 6.92 Å². The van der Waals surface area contributed by atoms with Crippen LogP contribution in [0.3, 0.4) is 0 Å². The number of nitrogens with one attached hydrogen (secondary N) is 1. The van der Waals surface area contributed by atoms with E-state index in [0.717, 1.165) is 5.76 Å². The Bertz CT molecular complexity index is 1190. The standard InChI is InChI=1S/C21H16N2O4S/c1-12-7-8-18(27-12)17-11-14(13-5-3-4-6-15(13)22-17)20(24)23-16-9-10-28-19(16)21(25)26-2/h3-11H,1-2H3,(H,23,24). The summed E-state index contributed by atoms with van der Waals surface area (Å²) in [5, 5.41) is 5.25. The van der Waals surface area contributed by atoms with Gasteiger partial charge < -0.3 is 14.5 Å². The van der Waals surface area contributed by atoms with Gasteiger partial charge in [0.1, 0.15) is 16.3 Å². The number of carbonyl (C=O) groups excluding carboxylic acids is 2. The lowest BCUT2D eigenvalue weighted by Crippen LogP contribution is -2.15. The van der Waals surface area contributed by atoms with Gasteiger partial charge in [0.25, 0.3) is 5.91 Å². The van der Waals surface area contributed by atoms with Gasteiger partial charge in [-0.2, -0.15) is 0 Å². The van der Waals surface area contributed by atoms with Crippen LogP contribution in [0.2, 0.25) is 0 Å². The number of nitrogens with zero attached hydrogens (tertiary/aromatic N) is 1. The van der Waals surface area contributed by atoms with Gasteiger partial charge >= 0.3 is 5.97 Å². The molecule has 0 aliphatic carbocycles. The van der Waals surface area contributed by atoms with Crippen LogP contribution >= 0.6 is 11.3 Å². The second-order valence-corrected chi connectivity index (χ2v) is 7.01. The Morgan fingerprint density at radius 1 is 1.14 bits per heavy atom. The summed E-state index contributed by atoms with van der Waals surface area (Å²) in [6.07, 6.45) is 0. The molecule has 1 N–H and O–H groups in total. The van der Waals surface area contributed by atoms with E-state index in [0.29, 0.717) is 38.5 Å². The second kappa shape index (κ2) is 7.28. The number of amides is 1. The minimum atomic E-state index is -0.489. The van der Waals surface area contributed by atoms with Gasteiger partial charge in [-0.25, -0.2) is 9.78 Å². The fourth-order valence-corrected chi connectivity index (χ4v) is 3.68. The van der Waals surface area contributed by atoms with E-state index in [1.165, 1.54) is 18.4 Å². The lowest BCUT2D eigenvalue weighted by molar-refractivity contribution is 0.0607. The summed E-state index contributed by atoms with van der Waals surface area (Å²) in [5.41, 5.74) is 2.10. The van der Waals surface area contributed by atoms with Gasteiger partial charge in [-0.1, -0.05) is 18.2 Å². The number of methoxy groups -OCH3 is 1. The maximum absolute atomic E-state index is 13.1. The average molecular weight is 392 g/mol. The Kier molecular flexibility index (Phi) is 4.67. The molecule has 6 nitrogen and oxygen atoms in total. The summed E-state index contributed by atoms with van der Waals surface area (Å²) >= 11 is 1.21. The van der Waals surface area contributed by atoms with Crippen LogP contribution in [0, 0.1) is 6.92 Å². The highest BCUT2D eigenvalue weighted by molar-refractivity contribution is 7.12. The molecule has 140 valence electrons. The van der Waals surface area contributed by atoms with Crippen LogP contribution in [0.4, 0.5) is 5.69 Å². The molecule has 0 saturated carbocycles. The minimum Gasteiger partial charge on any atom is -0.465 e. The van der Waals surface area contributed by atoms with Gasteiger partial charge in [-0.3, -0.25) is 4.79 Å². The van der Waals surface area contributed by atoms with Crippen molar-refractivity contribution in [1.29, 1.82) is 0 Å². The topological polar surface area (TPSA) is 81.4 Å². The highest BCUT2D eigenvalue weighted by Crippen LogP contribution is 2.28. The number of para-hydroxylation sites is 1. The average Bonchev–Trinajstić information content (AvgIpc) is 3.35. The highest BCUT2D eigenvalue weighted by atomic mass is 32.1. The number of pyridine rings is 1. The van der Waals surface area contributed by atoms with Gasteiger partial charge in [-0.15, -0.1) is 11.3 Å². The number of anilines is 1. The van der Waals surface area contributed by atoms with Crippen LogP contribution in [0.5, 0.6) is 0 Å². The number of thiophene rings is 1. The molecule has 1 aromatic carbocycles. The molecule has 0 saturated heterocycles. The number of hydrogen-bond acceptors (Lipinski definition) is 6. The first-order valence-electron chi connectivity index (χ1n) is 8.50. The zero-order valence-corrected chi connectivity index (χ0v) is 16.0. The number of aryl methyl sites for hydroxylation is 1. The molecule has 3 aromatic heterocycles. The predicted molar refractivity (Wildman–Crippen MR) is 108 cm³/mol. The summed E-state index contributed by atoms with van der Waals surface area (Å²) in [6.45, 7) is 1.85. The molecule has 0 radical (unpaired) electrons. The van der Waals surface area contributed by atoms with E-state index in [9.17, 15) is 9.59 Å². The van der Waals surface area contributed by atoms with E-state index in [1.807, 2.05) is 43.3 Å². The summed E-state index contributed by atoms with van der Waals surface area (Å²) in [5.74, 6) is 0.517. The van der Waals surface area contributed by atoms with Crippen LogP contribution in [0.1, 0.15) is 25.8 Å². The number of benzene rings is 1. The number of esters is 1. The molecular formula is C21H16N2O4S. The fraction of sp³-hybridized carbons (Fsp3) is 0.0952. The molecule has 3 heterocycles. The molecule has 0 unspecified atom stereocenters. The van der Waals surface area contributed by atoms with E-state index >= 15 is 0 Å². The number of ether oxygens (including phenoxy) is 1. The number of fused-ring (bicyclic) bond motifs is 1. The third kappa shape index (κ3) is 3.27. The number of furan rings is 1. The summed E-state index contributed by atoms with van der Waals surface area (Å²) in [6, 6.07) is 14.4. The SMILES string of the molecule is COC(=O)c1sccc1NC(=O)c1cc(-c2ccc(C)o2)nc2ccccc12. The smallest absolute Gasteiger partial charge is 0.350 e. The van der Waals surface area contributed by atoms with Gasteiger partial charge in [-0.05, 0) is 42.6 Å². The Balaban J connectivity index is 1.78. The van der Waals surface area contributed by atoms with Crippen molar-refractivity contribution in [3.8, 4) is 11.5 Å². The first kappa shape index (κ1) is 17.9. The third-order valence-electron chi connectivity index (χ3n) is 4.24. The Morgan fingerprint density at radius 3 is 2.71 bits per heavy atom. The molecule has 0 aliphatic rings. The van der Waals surface area contributed by atoms with E-state index < -0.39 is 5.97 Å². The zero-order valence-electron chi connectivity index (χ0n) is 15.2. The second-order valence-electron chi connectivity index (χ2n) is 6.09. The largest absolute Gasteiger partial charge is 0.465 e. The first-order chi connectivity index (χ1) is 13.6. The molecule has 1 amide bonds. The fourth-order valence-electron chi connectivity index (χ4n) is 2.91. The molecule has 28 heavy (non-hydrogen) atoms. The maximum Gasteiger partial charge on any atom is 0.350 e. The zero-order chi connectivity index (χ0) is 19.7. The quantitative estimate of drug-likeness (QED) is 0.499. The summed E-state index contributed by atoms with van der Waals surface area (Å²) in [7, 11) is 1.31. The Hall–Kier alpha value is -3.45. The van der Waals surface area contributed by atoms with E-state index in [-0.39, 0.29) is 5.91 Å². The summed E-state index contributed by atoms with van der Waals surface area (Å²) < 4.78 is 10.4. The lowest BCUT2D eigenvalue weighted by atomic mass is 10.1. The van der Waals surface area contributed by atoms with Crippen LogP contribution in [-0.2, 0) is 4.74 Å². The number of carbonyl (C=O) groups is 2. The van der Waals surface area contributed by atoms with Crippen molar-refractivity contribution in [2.24, 2.45) is 0 Å². The molecule has 0 fully saturated rings. The van der Waals surface area contributed by atoms with Crippen molar-refractivity contribution in [3.05, 3.63) is 70.1 Å². The Labute approximate surface area is 164 Å². The van der Waals surface area contributed by atoms with Gasteiger partial charge in [0.15, 0.2) is 5.76 Å². The molecule has 4 aromatic rings. The van der Waals surface area contributed by atoms with Crippen molar-refractivity contribution in [3.63, 3.8) is 0 Å². The molecule has 4 rings (SSSR count). The van der Waals surface area contributed by atoms with Crippen molar-refractivity contribution in [2.75, 3.05) is 12.4 Å². The third-order valence-corrected chi connectivity index (χ3v) is 5.13. The highest BCUT2D eigenvalue weighted by Gasteiger charge is 2.19. The molecule has 0 bridgehead atoms. The first-order valence-corrected chi connectivity index (χ1v) is 9.38. The lowest BCUT2D eigenvalue weighted by Gasteiger charge is -2.10. The van der Waals surface area contributed by atoms with Crippen molar-refractivity contribution < 1.29 is 18.7 Å². The monoisotopic (exact) mass is 392 g/mol. The number of hydrogen-bond donors (Lipinski definition) is 1. The van der Waals surface area contributed by atoms with Crippen molar-refractivity contribution in [1.82, 2.24) is 4.98 Å². The molecular weight excluding hydrogens is 376 g/mol. The predicted octanol–water partition coefficient (Wildman–Crippen LogP) is 4.90. The van der Waals surface area contributed by atoms with Gasteiger partial charge in [0.05, 0.1) is 23.9 Å². The van der Waals surface area contributed by atoms with Gasteiger partial charge in [0, 0.05) is 5.39 Å². The maximum atomic E-state index is 13.1. The number of aromatic nitrogens is 1. The van der Waals surface area contributed by atoms with E-state index in [2.05, 4.69) is 10.3 Å². The molecule has 0 atom stereocenters. The summed E-state index contributed by atoms with van der Waals surface area (Å²) in [4.78, 5) is 29.9. The molecule has 0 spiro atoms. The van der Waals surface area contributed by atoms with Crippen LogP contribution < -0.4 is 5.32 Å². The Morgan fingerprint density at radius 2 is 1.96 bits per heavy atom. The van der Waals surface area contributed by atoms with Crippen LogP contribution in [0.25, 0.3) is 22.4 Å². The van der Waals surface area contributed by atoms with Crippen LogP contribution in [-0.4, -0.2) is 24.0 Å². The normalized spacial score (nSPS) is 10.8.